The van der Waals surface area contributed by atoms with Crippen molar-refractivity contribution in [2.24, 2.45) is 0 Å². The molecule has 5 nitrogen and oxygen atoms in total. The van der Waals surface area contributed by atoms with Gasteiger partial charge in [0.25, 0.3) is 0 Å². The Hall–Kier alpha value is -1.36. The minimum Gasteiger partial charge on any atom is -0.352 e. The molecule has 98 valence electrons. The van der Waals surface area contributed by atoms with Crippen molar-refractivity contribution in [3.05, 3.63) is 17.4 Å². The first-order chi connectivity index (χ1) is 8.74. The second kappa shape index (κ2) is 6.54. The van der Waals surface area contributed by atoms with Gasteiger partial charge in [0.2, 0.25) is 11.9 Å². The van der Waals surface area contributed by atoms with E-state index in [0.29, 0.717) is 17.0 Å². The molecular formula is C12H17ClN4O. The average molecular weight is 269 g/mol. The third kappa shape index (κ3) is 4.14. The largest absolute Gasteiger partial charge is 0.352 e. The molecule has 0 aliphatic heterocycles. The summed E-state index contributed by atoms with van der Waals surface area (Å²) < 4.78 is 0. The van der Waals surface area contributed by atoms with Crippen LogP contribution < -0.4 is 10.6 Å². The summed E-state index contributed by atoms with van der Waals surface area (Å²) in [5.74, 6) is 0.402. The summed E-state index contributed by atoms with van der Waals surface area (Å²) in [5, 5.41) is 6.36. The molecule has 1 heterocycles. The van der Waals surface area contributed by atoms with E-state index in [-0.39, 0.29) is 12.5 Å². The van der Waals surface area contributed by atoms with Crippen molar-refractivity contribution in [2.75, 3.05) is 11.9 Å². The Labute approximate surface area is 111 Å². The zero-order valence-electron chi connectivity index (χ0n) is 10.2. The lowest BCUT2D eigenvalue weighted by molar-refractivity contribution is -0.120. The highest BCUT2D eigenvalue weighted by atomic mass is 35.5. The molecule has 1 fully saturated rings. The van der Waals surface area contributed by atoms with Crippen molar-refractivity contribution in [3.8, 4) is 0 Å². The molecule has 0 spiro atoms. The predicted molar refractivity (Wildman–Crippen MR) is 70.5 cm³/mol. The molecule has 0 aromatic carbocycles. The van der Waals surface area contributed by atoms with Crippen molar-refractivity contribution in [2.45, 2.75) is 38.1 Å². The highest BCUT2D eigenvalue weighted by molar-refractivity contribution is 6.30. The molecule has 1 aliphatic carbocycles. The monoisotopic (exact) mass is 268 g/mol. The summed E-state index contributed by atoms with van der Waals surface area (Å²) in [6.45, 7) is 0.193. The standard InChI is InChI=1S/C12H17ClN4O/c13-9-6-14-12(15-7-9)16-8-11(18)17-10-4-2-1-3-5-10/h6-7,10H,1-5,8H2,(H,17,18)(H,14,15,16). The normalized spacial score (nSPS) is 16.3. The smallest absolute Gasteiger partial charge is 0.239 e. The molecule has 0 unspecified atom stereocenters. The molecule has 1 aromatic heterocycles. The van der Waals surface area contributed by atoms with E-state index in [1.165, 1.54) is 31.7 Å². The topological polar surface area (TPSA) is 66.9 Å². The molecule has 1 aliphatic rings. The number of anilines is 1. The number of carbonyl (C=O) groups excluding carboxylic acids is 1. The Kier molecular flexibility index (Phi) is 4.75. The van der Waals surface area contributed by atoms with E-state index in [9.17, 15) is 4.79 Å². The van der Waals surface area contributed by atoms with Crippen LogP contribution in [0, 0.1) is 0 Å². The lowest BCUT2D eigenvalue weighted by Crippen LogP contribution is -2.39. The van der Waals surface area contributed by atoms with Crippen LogP contribution in [0.1, 0.15) is 32.1 Å². The third-order valence-electron chi connectivity index (χ3n) is 3.00. The van der Waals surface area contributed by atoms with Crippen LogP contribution in [0.2, 0.25) is 5.02 Å². The minimum atomic E-state index is -0.0135. The molecular weight excluding hydrogens is 252 g/mol. The van der Waals surface area contributed by atoms with Gasteiger partial charge in [-0.1, -0.05) is 30.9 Å². The van der Waals surface area contributed by atoms with E-state index < -0.39 is 0 Å². The number of hydrogen-bond donors (Lipinski definition) is 2. The van der Waals surface area contributed by atoms with Crippen LogP contribution in [-0.4, -0.2) is 28.5 Å². The van der Waals surface area contributed by atoms with Crippen molar-refractivity contribution >= 4 is 23.5 Å². The van der Waals surface area contributed by atoms with Gasteiger partial charge in [-0.3, -0.25) is 4.79 Å². The lowest BCUT2D eigenvalue weighted by atomic mass is 9.95. The SMILES string of the molecule is O=C(CNc1ncc(Cl)cn1)NC1CCCCC1. The first kappa shape index (κ1) is 13.1. The van der Waals surface area contributed by atoms with Gasteiger partial charge in [-0.2, -0.15) is 0 Å². The summed E-state index contributed by atoms with van der Waals surface area (Å²) in [6.07, 6.45) is 8.86. The van der Waals surface area contributed by atoms with Gasteiger partial charge in [0.05, 0.1) is 24.0 Å². The van der Waals surface area contributed by atoms with Crippen LogP contribution >= 0.6 is 11.6 Å². The van der Waals surface area contributed by atoms with Crippen LogP contribution in [0.3, 0.4) is 0 Å². The minimum absolute atomic E-state index is 0.0135. The molecule has 1 amide bonds. The Morgan fingerprint density at radius 3 is 2.61 bits per heavy atom. The molecule has 0 radical (unpaired) electrons. The summed E-state index contributed by atoms with van der Waals surface area (Å²) in [4.78, 5) is 19.6. The van der Waals surface area contributed by atoms with Crippen LogP contribution in [0.15, 0.2) is 12.4 Å². The maximum atomic E-state index is 11.7. The fourth-order valence-corrected chi connectivity index (χ4v) is 2.19. The zero-order chi connectivity index (χ0) is 12.8. The van der Waals surface area contributed by atoms with Crippen molar-refractivity contribution in [1.29, 1.82) is 0 Å². The molecule has 2 rings (SSSR count). The first-order valence-corrected chi connectivity index (χ1v) is 6.62. The van der Waals surface area contributed by atoms with Gasteiger partial charge < -0.3 is 10.6 Å². The molecule has 18 heavy (non-hydrogen) atoms. The lowest BCUT2D eigenvalue weighted by Gasteiger charge is -2.22. The third-order valence-corrected chi connectivity index (χ3v) is 3.19. The number of halogens is 1. The molecule has 0 atom stereocenters. The number of hydrogen-bond acceptors (Lipinski definition) is 4. The predicted octanol–water partition coefficient (Wildman–Crippen LogP) is 1.99. The van der Waals surface area contributed by atoms with Crippen LogP contribution in [-0.2, 0) is 4.79 Å². The van der Waals surface area contributed by atoms with E-state index in [1.807, 2.05) is 0 Å². The molecule has 2 N–H and O–H groups in total. The number of amides is 1. The Morgan fingerprint density at radius 1 is 1.28 bits per heavy atom. The molecule has 1 saturated carbocycles. The number of aromatic nitrogens is 2. The van der Waals surface area contributed by atoms with E-state index >= 15 is 0 Å². The molecule has 6 heteroatoms. The average Bonchev–Trinajstić information content (AvgIpc) is 2.39. The summed E-state index contributed by atoms with van der Waals surface area (Å²) in [5.41, 5.74) is 0. The molecule has 0 saturated heterocycles. The van der Waals surface area contributed by atoms with Gasteiger partial charge in [0.1, 0.15) is 0 Å². The number of rotatable bonds is 4. The Morgan fingerprint density at radius 2 is 1.94 bits per heavy atom. The summed E-state index contributed by atoms with van der Waals surface area (Å²) in [6, 6.07) is 0.333. The second-order valence-corrected chi connectivity index (χ2v) is 4.92. The Bertz CT molecular complexity index is 390. The van der Waals surface area contributed by atoms with E-state index in [2.05, 4.69) is 20.6 Å². The maximum absolute atomic E-state index is 11.7. The number of nitrogens with one attached hydrogen (secondary N) is 2. The Balaban J connectivity index is 1.72. The van der Waals surface area contributed by atoms with Gasteiger partial charge >= 0.3 is 0 Å². The highest BCUT2D eigenvalue weighted by Gasteiger charge is 2.15. The fraction of sp³-hybridized carbons (Fsp3) is 0.583. The zero-order valence-corrected chi connectivity index (χ0v) is 10.9. The molecule has 0 bridgehead atoms. The van der Waals surface area contributed by atoms with Gasteiger partial charge in [0.15, 0.2) is 0 Å². The van der Waals surface area contributed by atoms with Gasteiger partial charge in [0, 0.05) is 6.04 Å². The second-order valence-electron chi connectivity index (χ2n) is 4.48. The van der Waals surface area contributed by atoms with Gasteiger partial charge in [-0.15, -0.1) is 0 Å². The van der Waals surface area contributed by atoms with Crippen molar-refractivity contribution in [3.63, 3.8) is 0 Å². The number of nitrogens with zero attached hydrogens (tertiary/aromatic N) is 2. The maximum Gasteiger partial charge on any atom is 0.239 e. The highest BCUT2D eigenvalue weighted by Crippen LogP contribution is 2.17. The van der Waals surface area contributed by atoms with Crippen molar-refractivity contribution < 1.29 is 4.79 Å². The summed E-state index contributed by atoms with van der Waals surface area (Å²) in [7, 11) is 0. The van der Waals surface area contributed by atoms with E-state index in [0.717, 1.165) is 12.8 Å². The van der Waals surface area contributed by atoms with Crippen LogP contribution in [0.4, 0.5) is 5.95 Å². The quantitative estimate of drug-likeness (QED) is 0.876. The molecule has 1 aromatic rings. The van der Waals surface area contributed by atoms with E-state index in [1.54, 1.807) is 0 Å². The summed E-state index contributed by atoms with van der Waals surface area (Å²) >= 11 is 5.67. The van der Waals surface area contributed by atoms with Crippen molar-refractivity contribution in [1.82, 2.24) is 15.3 Å². The van der Waals surface area contributed by atoms with Crippen LogP contribution in [0.25, 0.3) is 0 Å². The fourth-order valence-electron chi connectivity index (χ4n) is 2.09. The number of carbonyl (C=O) groups is 1. The van der Waals surface area contributed by atoms with E-state index in [4.69, 9.17) is 11.6 Å². The van der Waals surface area contributed by atoms with Gasteiger partial charge in [-0.25, -0.2) is 9.97 Å². The van der Waals surface area contributed by atoms with Crippen LogP contribution in [0.5, 0.6) is 0 Å². The first-order valence-electron chi connectivity index (χ1n) is 6.25. The van der Waals surface area contributed by atoms with Gasteiger partial charge in [-0.05, 0) is 12.8 Å².